The van der Waals surface area contributed by atoms with Crippen molar-refractivity contribution in [1.82, 2.24) is 15.1 Å². The third-order valence-corrected chi connectivity index (χ3v) is 5.53. The molecule has 4 aromatic rings. The third kappa shape index (κ3) is 3.39. The topological polar surface area (TPSA) is 46.9 Å². The van der Waals surface area contributed by atoms with Crippen LogP contribution in [0.1, 0.15) is 15.2 Å². The van der Waals surface area contributed by atoms with Crippen LogP contribution >= 0.6 is 11.3 Å². The molecule has 1 N–H and O–H groups in total. The molecule has 0 spiro atoms. The molecule has 0 fully saturated rings. The fraction of sp³-hybridized carbons (Fsp3) is 0.143. The Kier molecular flexibility index (Phi) is 4.54. The van der Waals surface area contributed by atoms with Crippen molar-refractivity contribution in [2.75, 3.05) is 6.54 Å². The van der Waals surface area contributed by atoms with Crippen molar-refractivity contribution in [1.29, 1.82) is 0 Å². The number of thiophene rings is 1. The van der Waals surface area contributed by atoms with Gasteiger partial charge in [0.05, 0.1) is 10.6 Å². The minimum Gasteiger partial charge on any atom is -0.351 e. The number of aromatic nitrogens is 2. The van der Waals surface area contributed by atoms with E-state index in [4.69, 9.17) is 0 Å². The Morgan fingerprint density at radius 1 is 1.12 bits per heavy atom. The van der Waals surface area contributed by atoms with Crippen LogP contribution in [0.3, 0.4) is 0 Å². The molecule has 0 saturated heterocycles. The predicted octanol–water partition coefficient (Wildman–Crippen LogP) is 4.27. The summed E-state index contributed by atoms with van der Waals surface area (Å²) < 4.78 is 3.00. The van der Waals surface area contributed by atoms with Crippen molar-refractivity contribution in [3.63, 3.8) is 0 Å². The molecule has 4 rings (SSSR count). The van der Waals surface area contributed by atoms with Gasteiger partial charge in [-0.2, -0.15) is 5.10 Å². The van der Waals surface area contributed by atoms with Crippen LogP contribution in [0.4, 0.5) is 0 Å². The molecule has 0 atom stereocenters. The Bertz CT molecular complexity index is 1010. The second-order valence-electron chi connectivity index (χ2n) is 6.19. The smallest absolute Gasteiger partial charge is 0.261 e. The summed E-state index contributed by atoms with van der Waals surface area (Å²) in [5.41, 5.74) is 3.44. The van der Waals surface area contributed by atoms with Crippen LogP contribution in [0.5, 0.6) is 0 Å². The lowest BCUT2D eigenvalue weighted by Gasteiger charge is -2.06. The van der Waals surface area contributed by atoms with Crippen LogP contribution in [0, 0.1) is 0 Å². The number of carbonyl (C=O) groups is 1. The molecule has 26 heavy (non-hydrogen) atoms. The quantitative estimate of drug-likeness (QED) is 0.577. The van der Waals surface area contributed by atoms with E-state index in [9.17, 15) is 4.79 Å². The van der Waals surface area contributed by atoms with Gasteiger partial charge in [-0.25, -0.2) is 0 Å². The number of fused-ring (bicyclic) bond motifs is 1. The average molecular weight is 361 g/mol. The zero-order valence-corrected chi connectivity index (χ0v) is 15.3. The number of hydrogen-bond donors (Lipinski definition) is 1. The number of carbonyl (C=O) groups excluding carboxylic acids is 1. The molecular formula is C21H19N3OS. The first-order valence-corrected chi connectivity index (χ1v) is 9.36. The van der Waals surface area contributed by atoms with Gasteiger partial charge in [0.15, 0.2) is 0 Å². The van der Waals surface area contributed by atoms with Gasteiger partial charge in [-0.05, 0) is 41.1 Å². The summed E-state index contributed by atoms with van der Waals surface area (Å²) in [6.07, 6.45) is 2.61. The zero-order valence-electron chi connectivity index (χ0n) is 14.5. The van der Waals surface area contributed by atoms with Crippen LogP contribution in [0.25, 0.3) is 21.3 Å². The van der Waals surface area contributed by atoms with Gasteiger partial charge in [-0.15, -0.1) is 11.3 Å². The molecule has 2 aromatic heterocycles. The number of hydrogen-bond acceptors (Lipinski definition) is 3. The van der Waals surface area contributed by atoms with Crippen molar-refractivity contribution in [3.8, 4) is 11.3 Å². The Hall–Kier alpha value is -2.92. The monoisotopic (exact) mass is 361 g/mol. The number of rotatable bonds is 5. The summed E-state index contributed by atoms with van der Waals surface area (Å²) in [4.78, 5) is 13.1. The van der Waals surface area contributed by atoms with E-state index in [-0.39, 0.29) is 5.91 Å². The number of nitrogens with one attached hydrogen (secondary N) is 1. The van der Waals surface area contributed by atoms with Crippen LogP contribution in [0.15, 0.2) is 66.9 Å². The summed E-state index contributed by atoms with van der Waals surface area (Å²) in [5.74, 6) is -0.00213. The van der Waals surface area contributed by atoms with Gasteiger partial charge in [0.25, 0.3) is 5.91 Å². The first-order chi connectivity index (χ1) is 12.7. The summed E-state index contributed by atoms with van der Waals surface area (Å²) in [6.45, 7) is 0.623. The summed E-state index contributed by atoms with van der Waals surface area (Å²) >= 11 is 1.53. The largest absolute Gasteiger partial charge is 0.351 e. The highest BCUT2D eigenvalue weighted by Crippen LogP contribution is 2.25. The first-order valence-electron chi connectivity index (χ1n) is 8.55. The lowest BCUT2D eigenvalue weighted by atomic mass is 10.1. The maximum absolute atomic E-state index is 12.3. The van der Waals surface area contributed by atoms with E-state index in [1.807, 2.05) is 48.1 Å². The van der Waals surface area contributed by atoms with Crippen molar-refractivity contribution >= 4 is 27.3 Å². The number of aryl methyl sites for hydroxylation is 1. The molecule has 0 aliphatic carbocycles. The van der Waals surface area contributed by atoms with E-state index in [0.29, 0.717) is 6.54 Å². The molecule has 4 nitrogen and oxygen atoms in total. The van der Waals surface area contributed by atoms with Crippen molar-refractivity contribution in [2.24, 2.45) is 7.05 Å². The zero-order chi connectivity index (χ0) is 17.9. The molecular weight excluding hydrogens is 342 g/mol. The van der Waals surface area contributed by atoms with Gasteiger partial charge in [0, 0.05) is 24.5 Å². The van der Waals surface area contributed by atoms with Gasteiger partial charge in [0.1, 0.15) is 0 Å². The van der Waals surface area contributed by atoms with Gasteiger partial charge in [0.2, 0.25) is 0 Å². The first kappa shape index (κ1) is 16.5. The van der Waals surface area contributed by atoms with Gasteiger partial charge >= 0.3 is 0 Å². The van der Waals surface area contributed by atoms with E-state index < -0.39 is 0 Å². The standard InChI is InChI=1S/C21H19N3OS/c1-24-18(11-13-23-24)16-8-6-15(7-9-16)10-12-22-21(25)20-14-17-4-2-3-5-19(17)26-20/h2-9,11,13-14H,10,12H2,1H3,(H,22,25). The van der Waals surface area contributed by atoms with Crippen LogP contribution in [-0.4, -0.2) is 22.2 Å². The fourth-order valence-electron chi connectivity index (χ4n) is 3.00. The molecule has 130 valence electrons. The third-order valence-electron chi connectivity index (χ3n) is 4.42. The van der Waals surface area contributed by atoms with Crippen LogP contribution in [0.2, 0.25) is 0 Å². The van der Waals surface area contributed by atoms with E-state index in [1.54, 1.807) is 6.20 Å². The van der Waals surface area contributed by atoms with Crippen LogP contribution in [-0.2, 0) is 13.5 Å². The Morgan fingerprint density at radius 3 is 2.65 bits per heavy atom. The van der Waals surface area contributed by atoms with Gasteiger partial charge in [-0.3, -0.25) is 9.48 Å². The summed E-state index contributed by atoms with van der Waals surface area (Å²) in [5, 5.41) is 8.33. The highest BCUT2D eigenvalue weighted by molar-refractivity contribution is 7.20. The van der Waals surface area contributed by atoms with E-state index in [0.717, 1.165) is 32.6 Å². The van der Waals surface area contributed by atoms with E-state index in [1.165, 1.54) is 16.9 Å². The minimum atomic E-state index is -0.00213. The average Bonchev–Trinajstić information content (AvgIpc) is 3.28. The highest BCUT2D eigenvalue weighted by Gasteiger charge is 2.09. The molecule has 2 aromatic carbocycles. The normalized spacial score (nSPS) is 11.0. The maximum atomic E-state index is 12.3. The predicted molar refractivity (Wildman–Crippen MR) is 107 cm³/mol. The van der Waals surface area contributed by atoms with Crippen molar-refractivity contribution < 1.29 is 4.79 Å². The number of amides is 1. The van der Waals surface area contributed by atoms with Crippen molar-refractivity contribution in [2.45, 2.75) is 6.42 Å². The van der Waals surface area contributed by atoms with Gasteiger partial charge < -0.3 is 5.32 Å². The van der Waals surface area contributed by atoms with Crippen molar-refractivity contribution in [3.05, 3.63) is 77.3 Å². The molecule has 0 aliphatic rings. The fourth-order valence-corrected chi connectivity index (χ4v) is 3.98. The Labute approximate surface area is 156 Å². The summed E-state index contributed by atoms with van der Waals surface area (Å²) in [6, 6.07) is 20.4. The van der Waals surface area contributed by atoms with Crippen LogP contribution < -0.4 is 5.32 Å². The van der Waals surface area contributed by atoms with Gasteiger partial charge in [-0.1, -0.05) is 42.5 Å². The Balaban J connectivity index is 1.35. The second kappa shape index (κ2) is 7.14. The molecule has 0 saturated carbocycles. The number of nitrogens with zero attached hydrogens (tertiary/aromatic N) is 2. The summed E-state index contributed by atoms with van der Waals surface area (Å²) in [7, 11) is 1.94. The van der Waals surface area contributed by atoms with E-state index >= 15 is 0 Å². The molecule has 0 aliphatic heterocycles. The minimum absolute atomic E-state index is 0.00213. The SMILES string of the molecule is Cn1nccc1-c1ccc(CCNC(=O)c2cc3ccccc3s2)cc1. The highest BCUT2D eigenvalue weighted by atomic mass is 32.1. The maximum Gasteiger partial charge on any atom is 0.261 e. The lowest BCUT2D eigenvalue weighted by molar-refractivity contribution is 0.0958. The molecule has 0 radical (unpaired) electrons. The van der Waals surface area contributed by atoms with E-state index in [2.05, 4.69) is 34.7 Å². The molecule has 1 amide bonds. The lowest BCUT2D eigenvalue weighted by Crippen LogP contribution is -2.24. The second-order valence-corrected chi connectivity index (χ2v) is 7.28. The molecule has 5 heteroatoms. The molecule has 0 bridgehead atoms. The molecule has 2 heterocycles. The number of benzene rings is 2. The molecule has 0 unspecified atom stereocenters. The Morgan fingerprint density at radius 2 is 1.92 bits per heavy atom.